The van der Waals surface area contributed by atoms with E-state index in [1.165, 1.54) is 18.1 Å². The quantitative estimate of drug-likeness (QED) is 0.774. The van der Waals surface area contributed by atoms with E-state index in [4.69, 9.17) is 14.6 Å². The monoisotopic (exact) mass is 293 g/mol. The number of hydrogen-bond acceptors (Lipinski definition) is 4. The van der Waals surface area contributed by atoms with Crippen molar-refractivity contribution >= 4 is 18.0 Å². The third-order valence-corrected chi connectivity index (χ3v) is 2.87. The van der Waals surface area contributed by atoms with Gasteiger partial charge >= 0.3 is 5.97 Å². The number of benzene rings is 1. The minimum atomic E-state index is -1.06. The summed E-state index contributed by atoms with van der Waals surface area (Å²) in [5, 5.41) is 8.70. The van der Waals surface area contributed by atoms with Gasteiger partial charge in [0.15, 0.2) is 18.1 Å². The number of likely N-dealkylation sites (N-methyl/N-ethyl adjacent to an activating group) is 1. The number of para-hydroxylation sites is 1. The molecule has 0 atom stereocenters. The molecule has 1 aromatic rings. The molecule has 0 aliphatic heterocycles. The van der Waals surface area contributed by atoms with Crippen LogP contribution in [0.4, 0.5) is 0 Å². The van der Waals surface area contributed by atoms with Crippen molar-refractivity contribution in [3.63, 3.8) is 0 Å². The number of rotatable bonds is 7. The lowest BCUT2D eigenvalue weighted by Gasteiger charge is -2.17. The Bertz CT molecular complexity index is 539. The number of carbonyl (C=O) groups excluding carboxylic acids is 1. The molecule has 0 radical (unpaired) electrons. The van der Waals surface area contributed by atoms with Gasteiger partial charge in [0.25, 0.3) is 5.91 Å². The number of methoxy groups -OCH3 is 1. The molecule has 1 rings (SSSR count). The van der Waals surface area contributed by atoms with E-state index in [1.807, 2.05) is 6.92 Å². The Balaban J connectivity index is 2.97. The third kappa shape index (κ3) is 4.83. The van der Waals surface area contributed by atoms with E-state index in [2.05, 4.69) is 0 Å². The number of hydrogen-bond donors (Lipinski definition) is 1. The van der Waals surface area contributed by atoms with Gasteiger partial charge in [-0.3, -0.25) is 4.79 Å². The lowest BCUT2D eigenvalue weighted by Crippen LogP contribution is -2.31. The zero-order valence-corrected chi connectivity index (χ0v) is 12.3. The summed E-state index contributed by atoms with van der Waals surface area (Å²) in [4.78, 5) is 23.9. The summed E-state index contributed by atoms with van der Waals surface area (Å²) in [7, 11) is 3.16. The number of aliphatic carboxylic acids is 1. The van der Waals surface area contributed by atoms with E-state index >= 15 is 0 Å². The summed E-state index contributed by atoms with van der Waals surface area (Å²) >= 11 is 0. The van der Waals surface area contributed by atoms with Gasteiger partial charge in [0, 0.05) is 25.2 Å². The van der Waals surface area contributed by atoms with Crippen LogP contribution in [-0.2, 0) is 9.59 Å². The lowest BCUT2D eigenvalue weighted by molar-refractivity contribution is -0.132. The van der Waals surface area contributed by atoms with Gasteiger partial charge in [0.2, 0.25) is 0 Å². The molecule has 6 nitrogen and oxygen atoms in total. The molecule has 0 saturated carbocycles. The maximum atomic E-state index is 11.8. The second-order valence-corrected chi connectivity index (χ2v) is 4.25. The van der Waals surface area contributed by atoms with Crippen LogP contribution in [0.2, 0.25) is 0 Å². The Morgan fingerprint density at radius 3 is 2.67 bits per heavy atom. The van der Waals surface area contributed by atoms with Gasteiger partial charge in [-0.25, -0.2) is 4.79 Å². The molecule has 0 aromatic heterocycles. The van der Waals surface area contributed by atoms with E-state index in [-0.39, 0.29) is 12.5 Å². The molecule has 6 heteroatoms. The summed E-state index contributed by atoms with van der Waals surface area (Å²) in [5.74, 6) is -0.452. The molecule has 1 amide bonds. The molecule has 0 spiro atoms. The zero-order valence-electron chi connectivity index (χ0n) is 12.3. The predicted octanol–water partition coefficient (Wildman–Crippen LogP) is 1.65. The standard InChI is InChI=1S/C15H19NO5/c1-4-16(2)13(17)10-21-15-11(8-9-14(18)19)6-5-7-12(15)20-3/h5-9H,4,10H2,1-3H3,(H,18,19)/b9-8+. The molecule has 1 aromatic carbocycles. The number of carboxylic acid groups (broad SMARTS) is 1. The normalized spacial score (nSPS) is 10.4. The summed E-state index contributed by atoms with van der Waals surface area (Å²) in [6.45, 7) is 2.31. The van der Waals surface area contributed by atoms with Gasteiger partial charge < -0.3 is 19.5 Å². The average Bonchev–Trinajstić information content (AvgIpc) is 2.49. The average molecular weight is 293 g/mol. The van der Waals surface area contributed by atoms with Crippen molar-refractivity contribution in [2.24, 2.45) is 0 Å². The number of amides is 1. The van der Waals surface area contributed by atoms with E-state index < -0.39 is 5.97 Å². The number of ether oxygens (including phenoxy) is 2. The van der Waals surface area contributed by atoms with Crippen LogP contribution in [0.5, 0.6) is 11.5 Å². The molecule has 0 aliphatic rings. The van der Waals surface area contributed by atoms with Gasteiger partial charge in [0.1, 0.15) is 0 Å². The molecule has 0 saturated heterocycles. The second-order valence-electron chi connectivity index (χ2n) is 4.25. The molecule has 114 valence electrons. The van der Waals surface area contributed by atoms with Crippen LogP contribution >= 0.6 is 0 Å². The Morgan fingerprint density at radius 2 is 2.10 bits per heavy atom. The van der Waals surface area contributed by atoms with Gasteiger partial charge in [-0.05, 0) is 19.1 Å². The van der Waals surface area contributed by atoms with Crippen LogP contribution in [0, 0.1) is 0 Å². The number of carbonyl (C=O) groups is 2. The van der Waals surface area contributed by atoms with Crippen LogP contribution in [0.15, 0.2) is 24.3 Å². The highest BCUT2D eigenvalue weighted by molar-refractivity contribution is 5.86. The lowest BCUT2D eigenvalue weighted by atomic mass is 10.1. The predicted molar refractivity (Wildman–Crippen MR) is 78.5 cm³/mol. The first-order chi connectivity index (χ1) is 9.99. The molecule has 0 heterocycles. The molecule has 21 heavy (non-hydrogen) atoms. The minimum absolute atomic E-state index is 0.140. The fourth-order valence-electron chi connectivity index (χ4n) is 1.56. The molecule has 0 unspecified atom stereocenters. The Hall–Kier alpha value is -2.50. The number of carboxylic acids is 1. The molecular weight excluding hydrogens is 274 g/mol. The summed E-state index contributed by atoms with van der Waals surface area (Å²) < 4.78 is 10.7. The van der Waals surface area contributed by atoms with Crippen LogP contribution in [-0.4, -0.2) is 49.2 Å². The van der Waals surface area contributed by atoms with Crippen molar-refractivity contribution in [3.05, 3.63) is 29.8 Å². The first-order valence-electron chi connectivity index (χ1n) is 6.44. The largest absolute Gasteiger partial charge is 0.493 e. The van der Waals surface area contributed by atoms with E-state index in [0.29, 0.717) is 23.6 Å². The highest BCUT2D eigenvalue weighted by atomic mass is 16.5. The van der Waals surface area contributed by atoms with Crippen molar-refractivity contribution in [3.8, 4) is 11.5 Å². The number of nitrogens with zero attached hydrogens (tertiary/aromatic N) is 1. The summed E-state index contributed by atoms with van der Waals surface area (Å²) in [6, 6.07) is 5.08. The van der Waals surface area contributed by atoms with Crippen molar-refractivity contribution in [2.75, 3.05) is 27.3 Å². The van der Waals surface area contributed by atoms with Crippen LogP contribution < -0.4 is 9.47 Å². The maximum Gasteiger partial charge on any atom is 0.328 e. The topological polar surface area (TPSA) is 76.1 Å². The van der Waals surface area contributed by atoms with Gasteiger partial charge in [-0.1, -0.05) is 12.1 Å². The van der Waals surface area contributed by atoms with Crippen LogP contribution in [0.1, 0.15) is 12.5 Å². The Morgan fingerprint density at radius 1 is 1.38 bits per heavy atom. The minimum Gasteiger partial charge on any atom is -0.493 e. The van der Waals surface area contributed by atoms with Crippen molar-refractivity contribution in [1.82, 2.24) is 4.90 Å². The van der Waals surface area contributed by atoms with Gasteiger partial charge in [-0.15, -0.1) is 0 Å². The van der Waals surface area contributed by atoms with Gasteiger partial charge in [0.05, 0.1) is 7.11 Å². The first-order valence-corrected chi connectivity index (χ1v) is 6.44. The van der Waals surface area contributed by atoms with Crippen LogP contribution in [0.3, 0.4) is 0 Å². The molecule has 0 fully saturated rings. The SMILES string of the molecule is CCN(C)C(=O)COc1c(/C=C/C(=O)O)cccc1OC. The smallest absolute Gasteiger partial charge is 0.328 e. The first kappa shape index (κ1) is 16.6. The Kier molecular flexibility index (Phi) is 6.26. The molecular formula is C15H19NO5. The van der Waals surface area contributed by atoms with E-state index in [0.717, 1.165) is 6.08 Å². The van der Waals surface area contributed by atoms with Crippen molar-refractivity contribution in [2.45, 2.75) is 6.92 Å². The second kappa shape index (κ2) is 7.94. The summed E-state index contributed by atoms with van der Waals surface area (Å²) in [5.41, 5.74) is 0.531. The highest BCUT2D eigenvalue weighted by Crippen LogP contribution is 2.32. The van der Waals surface area contributed by atoms with Gasteiger partial charge in [-0.2, -0.15) is 0 Å². The van der Waals surface area contributed by atoms with E-state index in [1.54, 1.807) is 25.2 Å². The fraction of sp³-hybridized carbons (Fsp3) is 0.333. The molecule has 0 bridgehead atoms. The third-order valence-electron chi connectivity index (χ3n) is 2.87. The van der Waals surface area contributed by atoms with Crippen LogP contribution in [0.25, 0.3) is 6.08 Å². The van der Waals surface area contributed by atoms with Crippen molar-refractivity contribution in [1.29, 1.82) is 0 Å². The molecule has 1 N–H and O–H groups in total. The zero-order chi connectivity index (χ0) is 15.8. The molecule has 0 aliphatic carbocycles. The van der Waals surface area contributed by atoms with E-state index in [9.17, 15) is 9.59 Å². The fourth-order valence-corrected chi connectivity index (χ4v) is 1.56. The Labute approximate surface area is 123 Å². The maximum absolute atomic E-state index is 11.8. The van der Waals surface area contributed by atoms with Crippen molar-refractivity contribution < 1.29 is 24.2 Å². The highest BCUT2D eigenvalue weighted by Gasteiger charge is 2.13. The summed E-state index contributed by atoms with van der Waals surface area (Å²) in [6.07, 6.45) is 2.40.